The third-order valence-corrected chi connectivity index (χ3v) is 7.25. The minimum absolute atomic E-state index is 0.0875. The van der Waals surface area contributed by atoms with Crippen LogP contribution >= 0.6 is 0 Å². The van der Waals surface area contributed by atoms with E-state index in [1.807, 2.05) is 13.8 Å². The summed E-state index contributed by atoms with van der Waals surface area (Å²) < 4.78 is 34.5. The number of nitrogens with two attached hydrogens (primary N) is 1. The number of hydrogen-bond acceptors (Lipinski definition) is 4. The number of esters is 1. The number of amides is 1. The largest absolute Gasteiger partial charge is 0.460 e. The van der Waals surface area contributed by atoms with Crippen LogP contribution in [0, 0.1) is 29.9 Å². The first-order valence-electron chi connectivity index (χ1n) is 13.0. The zero-order valence-corrected chi connectivity index (χ0v) is 21.9. The van der Waals surface area contributed by atoms with Gasteiger partial charge in [-0.25, -0.2) is 8.78 Å². The zero-order chi connectivity index (χ0) is 27.6. The zero-order valence-electron chi connectivity index (χ0n) is 21.9. The number of hydrogen-bond donors (Lipinski definition) is 2. The van der Waals surface area contributed by atoms with Crippen molar-refractivity contribution in [2.24, 2.45) is 11.7 Å². The number of nitrogens with zero attached hydrogens (tertiary/aromatic N) is 1. The lowest BCUT2D eigenvalue weighted by Gasteiger charge is -2.41. The number of aromatic amines is 1. The molecule has 3 N–H and O–H groups in total. The monoisotopic (exact) mass is 521 g/mol. The molecule has 0 bridgehead atoms. The summed E-state index contributed by atoms with van der Waals surface area (Å²) in [5.74, 6) is 0.235. The van der Waals surface area contributed by atoms with Crippen molar-refractivity contribution in [1.82, 2.24) is 9.88 Å². The first kappa shape index (κ1) is 27.3. The lowest BCUT2D eigenvalue weighted by Crippen LogP contribution is -2.47. The van der Waals surface area contributed by atoms with E-state index in [9.17, 15) is 14.0 Å². The standard InChI is InChI=1S/C30H33F2N3O3/c1-5-7-8-21-15-23-22-13-18(16-38-30(37)26(33)17(3)4)14-24(32)27(22)34-28(23)29(35(21)25(36)6-2)19-9-11-20(31)12-10-19/h2,9-14,17,21,26,29,34H,5,7-8,15-16,33H2,1,3-4H3/t21-,26-,29-/m0/s1. The van der Waals surface area contributed by atoms with Crippen LogP contribution in [0.4, 0.5) is 8.78 Å². The number of carbonyl (C=O) groups is 2. The number of rotatable bonds is 8. The number of benzene rings is 2. The highest BCUT2D eigenvalue weighted by molar-refractivity contribution is 5.95. The van der Waals surface area contributed by atoms with Crippen LogP contribution in [0.5, 0.6) is 0 Å². The Bertz CT molecular complexity index is 1370. The molecule has 2 aromatic carbocycles. The minimum atomic E-state index is -0.765. The maximum atomic E-state index is 15.4. The highest BCUT2D eigenvalue weighted by Gasteiger charge is 2.40. The van der Waals surface area contributed by atoms with E-state index in [4.69, 9.17) is 16.9 Å². The fourth-order valence-corrected chi connectivity index (χ4v) is 5.14. The van der Waals surface area contributed by atoms with Gasteiger partial charge in [0.25, 0.3) is 5.91 Å². The van der Waals surface area contributed by atoms with Crippen LogP contribution in [-0.2, 0) is 27.4 Å². The molecule has 4 rings (SSSR count). The van der Waals surface area contributed by atoms with Gasteiger partial charge in [-0.1, -0.05) is 45.7 Å². The molecule has 0 fully saturated rings. The molecule has 8 heteroatoms. The molecule has 1 aliphatic heterocycles. The molecule has 0 aliphatic carbocycles. The van der Waals surface area contributed by atoms with Crippen molar-refractivity contribution in [3.8, 4) is 12.3 Å². The van der Waals surface area contributed by atoms with Crippen LogP contribution < -0.4 is 5.73 Å². The third-order valence-electron chi connectivity index (χ3n) is 7.25. The number of terminal acetylenes is 1. The molecule has 1 aromatic heterocycles. The Morgan fingerprint density at radius 3 is 2.58 bits per heavy atom. The van der Waals surface area contributed by atoms with Crippen molar-refractivity contribution in [2.45, 2.75) is 71.2 Å². The minimum Gasteiger partial charge on any atom is -0.460 e. The van der Waals surface area contributed by atoms with Crippen LogP contribution in [0.1, 0.15) is 68.5 Å². The number of unbranched alkanes of at least 4 members (excludes halogenated alkanes) is 1. The van der Waals surface area contributed by atoms with Crippen molar-refractivity contribution in [1.29, 1.82) is 0 Å². The molecule has 0 unspecified atom stereocenters. The highest BCUT2D eigenvalue weighted by atomic mass is 19.1. The number of halogens is 2. The molecule has 3 aromatic rings. The Morgan fingerprint density at radius 1 is 1.24 bits per heavy atom. The van der Waals surface area contributed by atoms with Gasteiger partial charge in [0, 0.05) is 17.1 Å². The first-order valence-corrected chi connectivity index (χ1v) is 13.0. The normalized spacial score (nSPS) is 17.8. The number of nitrogens with one attached hydrogen (secondary N) is 1. The summed E-state index contributed by atoms with van der Waals surface area (Å²) in [6, 6.07) is 7.40. The lowest BCUT2D eigenvalue weighted by molar-refractivity contribution is -0.147. The van der Waals surface area contributed by atoms with Gasteiger partial charge in [0.15, 0.2) is 0 Å². The molecule has 1 aliphatic rings. The van der Waals surface area contributed by atoms with E-state index in [-0.39, 0.29) is 18.6 Å². The topological polar surface area (TPSA) is 88.4 Å². The summed E-state index contributed by atoms with van der Waals surface area (Å²) in [6.07, 6.45) is 8.56. The highest BCUT2D eigenvalue weighted by Crippen LogP contribution is 2.42. The van der Waals surface area contributed by atoms with Crippen molar-refractivity contribution < 1.29 is 23.1 Å². The van der Waals surface area contributed by atoms with Gasteiger partial charge in [-0.2, -0.15) is 0 Å². The molecule has 0 spiro atoms. The van der Waals surface area contributed by atoms with E-state index in [1.54, 1.807) is 23.1 Å². The van der Waals surface area contributed by atoms with Gasteiger partial charge in [-0.15, -0.1) is 6.42 Å². The fourth-order valence-electron chi connectivity index (χ4n) is 5.14. The molecular weight excluding hydrogens is 488 g/mol. The fraction of sp³-hybridized carbons (Fsp3) is 0.400. The van der Waals surface area contributed by atoms with Gasteiger partial charge < -0.3 is 20.4 Å². The van der Waals surface area contributed by atoms with Gasteiger partial charge >= 0.3 is 5.97 Å². The van der Waals surface area contributed by atoms with Crippen molar-refractivity contribution in [2.75, 3.05) is 0 Å². The molecule has 200 valence electrons. The van der Waals surface area contributed by atoms with E-state index in [2.05, 4.69) is 17.8 Å². The van der Waals surface area contributed by atoms with Crippen LogP contribution in [-0.4, -0.2) is 33.8 Å². The van der Waals surface area contributed by atoms with Crippen molar-refractivity contribution in [3.63, 3.8) is 0 Å². The lowest BCUT2D eigenvalue weighted by atomic mass is 9.86. The smallest absolute Gasteiger partial charge is 0.323 e. The van der Waals surface area contributed by atoms with E-state index in [0.29, 0.717) is 40.6 Å². The van der Waals surface area contributed by atoms with E-state index >= 15 is 4.39 Å². The van der Waals surface area contributed by atoms with E-state index < -0.39 is 35.6 Å². The van der Waals surface area contributed by atoms with Gasteiger partial charge in [-0.05, 0) is 65.6 Å². The second-order valence-corrected chi connectivity index (χ2v) is 10.2. The first-order chi connectivity index (χ1) is 18.2. The van der Waals surface area contributed by atoms with Gasteiger partial charge in [-0.3, -0.25) is 9.59 Å². The van der Waals surface area contributed by atoms with Gasteiger partial charge in [0.1, 0.15) is 24.3 Å². The maximum absolute atomic E-state index is 15.4. The summed E-state index contributed by atoms with van der Waals surface area (Å²) >= 11 is 0. The molecule has 3 atom stereocenters. The SMILES string of the molecule is C#CC(=O)N1[C@@H](CCCC)Cc2c([nH]c3c(F)cc(COC(=O)[C@@H](N)C(C)C)cc23)[C@@H]1c1ccc(F)cc1. The Morgan fingerprint density at radius 2 is 1.95 bits per heavy atom. The summed E-state index contributed by atoms with van der Waals surface area (Å²) in [5.41, 5.74) is 8.83. The Labute approximate surface area is 221 Å². The molecule has 38 heavy (non-hydrogen) atoms. The molecule has 0 saturated carbocycles. The van der Waals surface area contributed by atoms with E-state index in [1.165, 1.54) is 18.2 Å². The number of carbonyl (C=O) groups excluding carboxylic acids is 2. The van der Waals surface area contributed by atoms with E-state index in [0.717, 1.165) is 18.4 Å². The Balaban J connectivity index is 1.82. The molecule has 6 nitrogen and oxygen atoms in total. The second kappa shape index (κ2) is 11.4. The van der Waals surface area contributed by atoms with Crippen molar-refractivity contribution >= 4 is 22.8 Å². The third kappa shape index (κ3) is 5.30. The quantitative estimate of drug-likeness (QED) is 0.317. The summed E-state index contributed by atoms with van der Waals surface area (Å²) in [6.45, 7) is 5.60. The second-order valence-electron chi connectivity index (χ2n) is 10.2. The molecule has 0 saturated heterocycles. The van der Waals surface area contributed by atoms with Crippen LogP contribution in [0.2, 0.25) is 0 Å². The van der Waals surface area contributed by atoms with Gasteiger partial charge in [0.2, 0.25) is 0 Å². The van der Waals surface area contributed by atoms with Crippen LogP contribution in [0.3, 0.4) is 0 Å². The summed E-state index contributed by atoms with van der Waals surface area (Å²) in [5, 5.41) is 0.653. The average Bonchev–Trinajstić information content (AvgIpc) is 3.28. The predicted octanol–water partition coefficient (Wildman–Crippen LogP) is 5.14. The van der Waals surface area contributed by atoms with Crippen molar-refractivity contribution in [3.05, 3.63) is 70.4 Å². The average molecular weight is 522 g/mol. The molecular formula is C30H33F2N3O3. The Hall–Kier alpha value is -3.70. The molecule has 0 radical (unpaired) electrons. The predicted molar refractivity (Wildman–Crippen MR) is 142 cm³/mol. The number of H-pyrrole nitrogens is 1. The summed E-state index contributed by atoms with van der Waals surface area (Å²) in [7, 11) is 0. The Kier molecular flexibility index (Phi) is 8.17. The number of fused-ring (bicyclic) bond motifs is 3. The van der Waals surface area contributed by atoms with Crippen LogP contribution in [0.15, 0.2) is 36.4 Å². The van der Waals surface area contributed by atoms with Crippen LogP contribution in [0.25, 0.3) is 10.9 Å². The summed E-state index contributed by atoms with van der Waals surface area (Å²) in [4.78, 5) is 30.2. The molecule has 2 heterocycles. The van der Waals surface area contributed by atoms with Gasteiger partial charge in [0.05, 0.1) is 11.6 Å². The maximum Gasteiger partial charge on any atom is 0.323 e. The number of aromatic nitrogens is 1. The molecule has 1 amide bonds. The number of ether oxygens (including phenoxy) is 1.